The van der Waals surface area contributed by atoms with Crippen molar-refractivity contribution in [3.8, 4) is 0 Å². The van der Waals surface area contributed by atoms with E-state index in [4.69, 9.17) is 0 Å². The third-order valence-electron chi connectivity index (χ3n) is 6.77. The minimum Gasteiger partial charge on any atom is -0.595 e. The van der Waals surface area contributed by atoms with Gasteiger partial charge in [0.2, 0.25) is 0 Å². The zero-order valence-corrected chi connectivity index (χ0v) is 23.0. The fourth-order valence-corrected chi connectivity index (χ4v) is 4.68. The van der Waals surface area contributed by atoms with E-state index in [1.807, 2.05) is 43.3 Å². The molecule has 7 N–H and O–H groups in total. The van der Waals surface area contributed by atoms with Gasteiger partial charge >= 0.3 is 0 Å². The number of hydrogen-bond acceptors (Lipinski definition) is 8. The van der Waals surface area contributed by atoms with Crippen LogP contribution in [0.3, 0.4) is 0 Å². The number of dihydropyridines is 1. The fourth-order valence-electron chi connectivity index (χ4n) is 4.68. The Bertz CT molecular complexity index is 1390. The van der Waals surface area contributed by atoms with Gasteiger partial charge in [0, 0.05) is 83.9 Å². The summed E-state index contributed by atoms with van der Waals surface area (Å²) in [6.45, 7) is 3.51. The maximum absolute atomic E-state index is 13.7. The summed E-state index contributed by atoms with van der Waals surface area (Å²) in [4.78, 5) is 29.4. The number of carbonyl (C=O) groups excluding carboxylic acids is 2. The van der Waals surface area contributed by atoms with Crippen LogP contribution in [0.4, 0.5) is 28.4 Å². The van der Waals surface area contributed by atoms with Gasteiger partial charge in [-0.15, -0.1) is 0 Å². The average molecular weight is 561 g/mol. The van der Waals surface area contributed by atoms with Crippen LogP contribution in [-0.4, -0.2) is 36.3 Å². The summed E-state index contributed by atoms with van der Waals surface area (Å²) in [5.41, 5.74) is 4.40. The Labute approximate surface area is 236 Å². The average Bonchev–Trinajstić information content (AvgIpc) is 2.93. The van der Waals surface area contributed by atoms with Crippen LogP contribution in [0.15, 0.2) is 95.3 Å². The number of carbonyl (C=O) groups is 2. The van der Waals surface area contributed by atoms with Gasteiger partial charge in [-0.1, -0.05) is 12.1 Å². The molecule has 0 aromatic heterocycles. The maximum atomic E-state index is 13.7. The minimum absolute atomic E-state index is 0.0884. The number of rotatable bonds is 8. The highest BCUT2D eigenvalue weighted by Gasteiger charge is 2.36. The van der Waals surface area contributed by atoms with Crippen LogP contribution in [0.25, 0.3) is 0 Å². The molecule has 3 aromatic carbocycles. The van der Waals surface area contributed by atoms with Gasteiger partial charge in [0.1, 0.15) is 0 Å². The lowest BCUT2D eigenvalue weighted by Crippen LogP contribution is -2.99. The predicted octanol–water partition coefficient (Wildman–Crippen LogP) is 2.07. The molecule has 12 nitrogen and oxygen atoms in total. The molecule has 2 unspecified atom stereocenters. The highest BCUT2D eigenvalue weighted by molar-refractivity contribution is 6.12. The molecular formula is C29H32N6O6. The molecule has 4 rings (SSSR count). The number of amides is 2. The van der Waals surface area contributed by atoms with E-state index in [1.165, 1.54) is 48.5 Å². The molecule has 0 saturated heterocycles. The molecule has 3 aromatic rings. The van der Waals surface area contributed by atoms with Crippen molar-refractivity contribution >= 4 is 40.3 Å². The van der Waals surface area contributed by atoms with Crippen LogP contribution in [0.1, 0.15) is 25.3 Å². The van der Waals surface area contributed by atoms with Gasteiger partial charge in [-0.2, -0.15) is 10.5 Å². The summed E-state index contributed by atoms with van der Waals surface area (Å²) in [6.07, 6.45) is 0. The molecule has 12 heteroatoms. The molecule has 0 spiro atoms. The quantitative estimate of drug-likeness (QED) is 0.206. The Morgan fingerprint density at radius 2 is 1.12 bits per heavy atom. The predicted molar refractivity (Wildman–Crippen MR) is 154 cm³/mol. The Morgan fingerprint density at radius 3 is 1.46 bits per heavy atom. The summed E-state index contributed by atoms with van der Waals surface area (Å²) in [5.74, 6) is -1.66. The summed E-state index contributed by atoms with van der Waals surface area (Å²) in [5, 5.41) is 47.5. The van der Waals surface area contributed by atoms with E-state index in [9.17, 15) is 30.4 Å². The van der Waals surface area contributed by atoms with Crippen LogP contribution in [0, 0.1) is 10.4 Å². The van der Waals surface area contributed by atoms with E-state index >= 15 is 0 Å². The lowest BCUT2D eigenvalue weighted by atomic mass is 9.79. The topological polar surface area (TPSA) is 169 Å². The van der Waals surface area contributed by atoms with Crippen molar-refractivity contribution in [2.24, 2.45) is 0 Å². The largest absolute Gasteiger partial charge is 0.595 e. The molecule has 0 fully saturated rings. The van der Waals surface area contributed by atoms with Gasteiger partial charge in [-0.3, -0.25) is 9.59 Å². The third-order valence-corrected chi connectivity index (χ3v) is 6.77. The molecule has 41 heavy (non-hydrogen) atoms. The summed E-state index contributed by atoms with van der Waals surface area (Å²) in [7, 11) is 3.83. The fraction of sp³-hybridized carbons (Fsp3) is 0.172. The normalized spacial score (nSPS) is 16.5. The highest BCUT2D eigenvalue weighted by atomic mass is 16.8. The minimum atomic E-state index is -1.08. The zero-order chi connectivity index (χ0) is 29.8. The number of hydrogen-bond donors (Lipinski definition) is 7. The first-order valence-corrected chi connectivity index (χ1v) is 12.7. The molecular weight excluding hydrogens is 528 g/mol. The maximum Gasteiger partial charge on any atom is 0.254 e. The molecule has 2 atom stereocenters. The van der Waals surface area contributed by atoms with Crippen molar-refractivity contribution in [2.45, 2.75) is 19.8 Å². The van der Waals surface area contributed by atoms with Gasteiger partial charge in [-0.25, -0.2) is 10.4 Å². The zero-order valence-electron chi connectivity index (χ0n) is 23.0. The standard InChI is InChI=1S/C29H32N6O6/c1-17-25(28(36)31-20-7-13-23(14-8-20)34(38)39)27(19-5-11-22(12-6-19)33(3)4)26(18(2)30-17)29(37)32-21-9-15-24(16-10-21)35(40)41/h5-16,27,30,34-35,38,40H,1-4H3,(H,31,36)(H,32,37). The van der Waals surface area contributed by atoms with Crippen LogP contribution in [0.5, 0.6) is 0 Å². The first-order chi connectivity index (χ1) is 19.5. The lowest BCUT2D eigenvalue weighted by Gasteiger charge is -2.31. The van der Waals surface area contributed by atoms with Gasteiger partial charge in [0.25, 0.3) is 11.8 Å². The summed E-state index contributed by atoms with van der Waals surface area (Å²) in [6, 6.07) is 19.2. The number of quaternary nitrogens is 2. The van der Waals surface area contributed by atoms with Gasteiger partial charge in [0.15, 0.2) is 11.4 Å². The number of allylic oxidation sites excluding steroid dienone is 2. The van der Waals surface area contributed by atoms with Gasteiger partial charge in [-0.05, 0) is 55.8 Å². The van der Waals surface area contributed by atoms with Crippen molar-refractivity contribution in [3.05, 3.63) is 111 Å². The van der Waals surface area contributed by atoms with Gasteiger partial charge < -0.3 is 31.3 Å². The molecule has 1 heterocycles. The Balaban J connectivity index is 1.72. The van der Waals surface area contributed by atoms with Crippen molar-refractivity contribution in [1.82, 2.24) is 5.32 Å². The Kier molecular flexibility index (Phi) is 8.83. The van der Waals surface area contributed by atoms with E-state index in [2.05, 4.69) is 16.0 Å². The highest BCUT2D eigenvalue weighted by Crippen LogP contribution is 2.39. The SMILES string of the molecule is CC1=C(C(=O)Nc2ccc([NH+]([O-])O)cc2)C(c2ccc(N(C)C)cc2)C(C(=O)Nc2ccc([NH+]([O-])O)cc2)=C(C)N1. The molecule has 2 amide bonds. The lowest BCUT2D eigenvalue weighted by molar-refractivity contribution is -0.991. The van der Waals surface area contributed by atoms with Crippen LogP contribution >= 0.6 is 0 Å². The summed E-state index contributed by atoms with van der Waals surface area (Å²) >= 11 is 0. The molecule has 0 bridgehead atoms. The van der Waals surface area contributed by atoms with Crippen molar-refractivity contribution < 1.29 is 30.5 Å². The van der Waals surface area contributed by atoms with Crippen molar-refractivity contribution in [2.75, 3.05) is 29.6 Å². The molecule has 1 aliphatic rings. The van der Waals surface area contributed by atoms with E-state index < -0.39 is 28.2 Å². The van der Waals surface area contributed by atoms with Crippen LogP contribution < -0.4 is 31.3 Å². The first-order valence-electron chi connectivity index (χ1n) is 12.7. The first kappa shape index (κ1) is 29.4. The second-order valence-electron chi connectivity index (χ2n) is 9.79. The van der Waals surface area contributed by atoms with Crippen LogP contribution in [0.2, 0.25) is 0 Å². The van der Waals surface area contributed by atoms with E-state index in [0.717, 1.165) is 5.69 Å². The second-order valence-corrected chi connectivity index (χ2v) is 9.79. The van der Waals surface area contributed by atoms with Crippen molar-refractivity contribution in [3.63, 3.8) is 0 Å². The van der Waals surface area contributed by atoms with Crippen LogP contribution in [-0.2, 0) is 9.59 Å². The number of benzene rings is 3. The summed E-state index contributed by atoms with van der Waals surface area (Å²) < 4.78 is 0. The Hall–Kier alpha value is -4.56. The molecule has 0 saturated carbocycles. The van der Waals surface area contributed by atoms with Gasteiger partial charge in [0.05, 0.1) is 0 Å². The number of anilines is 3. The van der Waals surface area contributed by atoms with E-state index in [-0.39, 0.29) is 11.4 Å². The molecule has 0 radical (unpaired) electrons. The molecule has 0 aliphatic carbocycles. The second kappa shape index (κ2) is 12.3. The van der Waals surface area contributed by atoms with Crippen molar-refractivity contribution in [1.29, 1.82) is 0 Å². The smallest absolute Gasteiger partial charge is 0.254 e. The molecule has 1 aliphatic heterocycles. The van der Waals surface area contributed by atoms with E-state index in [0.29, 0.717) is 39.5 Å². The Morgan fingerprint density at radius 1 is 0.732 bits per heavy atom. The molecule has 214 valence electrons. The number of nitrogens with zero attached hydrogens (tertiary/aromatic N) is 1. The monoisotopic (exact) mass is 560 g/mol. The van der Waals surface area contributed by atoms with E-state index in [1.54, 1.807) is 13.8 Å². The third kappa shape index (κ3) is 6.61. The number of nitrogens with one attached hydrogen (secondary N) is 5.